The number of para-hydroxylation sites is 1. The molecule has 1 atom stereocenters. The molecule has 0 fully saturated rings. The third-order valence-corrected chi connectivity index (χ3v) is 3.68. The van der Waals surface area contributed by atoms with Crippen LogP contribution >= 0.6 is 11.3 Å². The first-order valence-electron chi connectivity index (χ1n) is 6.67. The molecule has 0 aliphatic rings. The zero-order valence-electron chi connectivity index (χ0n) is 11.7. The van der Waals surface area contributed by atoms with Crippen LogP contribution in [-0.4, -0.2) is 6.10 Å². The van der Waals surface area contributed by atoms with Crippen LogP contribution in [0.1, 0.15) is 37.9 Å². The molecule has 1 aromatic carbocycles. The average Bonchev–Trinajstić information content (AvgIpc) is 2.90. The van der Waals surface area contributed by atoms with Crippen molar-refractivity contribution in [2.75, 3.05) is 0 Å². The van der Waals surface area contributed by atoms with Crippen LogP contribution in [0.4, 0.5) is 0 Å². The van der Waals surface area contributed by atoms with Gasteiger partial charge in [-0.1, -0.05) is 18.2 Å². The van der Waals surface area contributed by atoms with Crippen LogP contribution in [0.5, 0.6) is 5.75 Å². The second-order valence-electron chi connectivity index (χ2n) is 4.93. The van der Waals surface area contributed by atoms with Gasteiger partial charge < -0.3 is 10.1 Å². The summed E-state index contributed by atoms with van der Waals surface area (Å²) in [4.78, 5) is 0. The zero-order chi connectivity index (χ0) is 13.7. The second kappa shape index (κ2) is 6.73. The van der Waals surface area contributed by atoms with Gasteiger partial charge in [0.15, 0.2) is 0 Å². The molecule has 0 saturated heterocycles. The molecule has 0 saturated carbocycles. The Morgan fingerprint density at radius 3 is 2.63 bits per heavy atom. The lowest BCUT2D eigenvalue weighted by Gasteiger charge is -2.17. The number of ether oxygens (including phenoxy) is 1. The summed E-state index contributed by atoms with van der Waals surface area (Å²) in [6.45, 7) is 7.12. The van der Waals surface area contributed by atoms with Gasteiger partial charge in [0.25, 0.3) is 0 Å². The van der Waals surface area contributed by atoms with Crippen molar-refractivity contribution in [3.8, 4) is 5.75 Å². The Bertz CT molecular complexity index is 493. The molecule has 1 N–H and O–H groups in total. The Labute approximate surface area is 119 Å². The lowest BCUT2D eigenvalue weighted by molar-refractivity contribution is 0.239. The summed E-state index contributed by atoms with van der Waals surface area (Å²) in [6, 6.07) is 10.7. The van der Waals surface area contributed by atoms with Crippen molar-refractivity contribution in [2.45, 2.75) is 39.5 Å². The number of nitrogens with one attached hydrogen (secondary N) is 1. The van der Waals surface area contributed by atoms with Crippen molar-refractivity contribution in [2.24, 2.45) is 0 Å². The molecule has 2 aromatic rings. The van der Waals surface area contributed by atoms with E-state index in [0.29, 0.717) is 6.04 Å². The molecule has 0 aliphatic carbocycles. The van der Waals surface area contributed by atoms with Gasteiger partial charge in [-0.15, -0.1) is 0 Å². The summed E-state index contributed by atoms with van der Waals surface area (Å²) in [5.41, 5.74) is 2.55. The standard InChI is InChI=1S/C16H21NOS/c1-12(2)18-16-7-5-4-6-14(16)10-17-13(3)15-8-9-19-11-15/h4-9,11-13,17H,10H2,1-3H3. The van der Waals surface area contributed by atoms with Gasteiger partial charge in [0, 0.05) is 18.2 Å². The normalized spacial score (nSPS) is 12.6. The molecule has 0 radical (unpaired) electrons. The highest BCUT2D eigenvalue weighted by atomic mass is 32.1. The molecule has 102 valence electrons. The van der Waals surface area contributed by atoms with Crippen molar-refractivity contribution < 1.29 is 4.74 Å². The molecular weight excluding hydrogens is 254 g/mol. The smallest absolute Gasteiger partial charge is 0.124 e. The van der Waals surface area contributed by atoms with E-state index in [0.717, 1.165) is 12.3 Å². The lowest BCUT2D eigenvalue weighted by atomic mass is 10.1. The highest BCUT2D eigenvalue weighted by molar-refractivity contribution is 7.07. The minimum atomic E-state index is 0.204. The van der Waals surface area contributed by atoms with Crippen molar-refractivity contribution in [3.63, 3.8) is 0 Å². The molecule has 19 heavy (non-hydrogen) atoms. The largest absolute Gasteiger partial charge is 0.491 e. The fourth-order valence-corrected chi connectivity index (χ4v) is 2.68. The highest BCUT2D eigenvalue weighted by Gasteiger charge is 2.08. The Hall–Kier alpha value is -1.32. The fourth-order valence-electron chi connectivity index (χ4n) is 1.92. The van der Waals surface area contributed by atoms with Gasteiger partial charge in [-0.2, -0.15) is 11.3 Å². The van der Waals surface area contributed by atoms with Gasteiger partial charge in [-0.05, 0) is 49.2 Å². The van der Waals surface area contributed by atoms with Gasteiger partial charge >= 0.3 is 0 Å². The van der Waals surface area contributed by atoms with Crippen molar-refractivity contribution in [1.29, 1.82) is 0 Å². The first-order chi connectivity index (χ1) is 9.16. The first kappa shape index (κ1) is 14.1. The molecule has 0 amide bonds. The van der Waals surface area contributed by atoms with Crippen LogP contribution < -0.4 is 10.1 Å². The van der Waals surface area contributed by atoms with Crippen molar-refractivity contribution in [3.05, 3.63) is 52.2 Å². The SMILES string of the molecule is CC(C)Oc1ccccc1CNC(C)c1ccsc1. The fraction of sp³-hybridized carbons (Fsp3) is 0.375. The molecule has 1 aromatic heterocycles. The van der Waals surface area contributed by atoms with E-state index in [9.17, 15) is 0 Å². The van der Waals surface area contributed by atoms with E-state index in [-0.39, 0.29) is 6.10 Å². The Morgan fingerprint density at radius 2 is 1.95 bits per heavy atom. The van der Waals surface area contributed by atoms with E-state index in [4.69, 9.17) is 4.74 Å². The molecule has 1 heterocycles. The lowest BCUT2D eigenvalue weighted by Crippen LogP contribution is -2.18. The Kier molecular flexibility index (Phi) is 5.00. The summed E-state index contributed by atoms with van der Waals surface area (Å²) >= 11 is 1.74. The zero-order valence-corrected chi connectivity index (χ0v) is 12.5. The monoisotopic (exact) mass is 275 g/mol. The topological polar surface area (TPSA) is 21.3 Å². The third-order valence-electron chi connectivity index (χ3n) is 2.98. The maximum absolute atomic E-state index is 5.83. The summed E-state index contributed by atoms with van der Waals surface area (Å²) in [5.74, 6) is 0.975. The molecule has 0 bridgehead atoms. The van der Waals surface area contributed by atoms with Gasteiger partial charge in [-0.3, -0.25) is 0 Å². The molecule has 3 heteroatoms. The maximum Gasteiger partial charge on any atom is 0.124 e. The van der Waals surface area contributed by atoms with Crippen molar-refractivity contribution >= 4 is 11.3 Å². The minimum absolute atomic E-state index is 0.204. The predicted octanol–water partition coefficient (Wildman–Crippen LogP) is 4.39. The van der Waals surface area contributed by atoms with E-state index in [1.165, 1.54) is 11.1 Å². The van der Waals surface area contributed by atoms with Crippen LogP contribution in [-0.2, 0) is 6.54 Å². The van der Waals surface area contributed by atoms with E-state index < -0.39 is 0 Å². The number of benzene rings is 1. The molecule has 2 rings (SSSR count). The summed E-state index contributed by atoms with van der Waals surface area (Å²) in [5, 5.41) is 7.84. The molecule has 2 nitrogen and oxygen atoms in total. The molecule has 0 spiro atoms. The average molecular weight is 275 g/mol. The second-order valence-corrected chi connectivity index (χ2v) is 5.71. The summed E-state index contributed by atoms with van der Waals surface area (Å²) < 4.78 is 5.83. The number of hydrogen-bond acceptors (Lipinski definition) is 3. The van der Waals surface area contributed by atoms with Crippen LogP contribution in [0, 0.1) is 0 Å². The predicted molar refractivity (Wildman–Crippen MR) is 81.8 cm³/mol. The van der Waals surface area contributed by atoms with Crippen LogP contribution in [0.25, 0.3) is 0 Å². The van der Waals surface area contributed by atoms with E-state index in [1.807, 2.05) is 12.1 Å². The third kappa shape index (κ3) is 4.08. The number of thiophene rings is 1. The highest BCUT2D eigenvalue weighted by Crippen LogP contribution is 2.21. The van der Waals surface area contributed by atoms with Crippen LogP contribution in [0.2, 0.25) is 0 Å². The molecule has 0 aliphatic heterocycles. The van der Waals surface area contributed by atoms with Gasteiger partial charge in [-0.25, -0.2) is 0 Å². The number of rotatable bonds is 6. The van der Waals surface area contributed by atoms with Crippen LogP contribution in [0.15, 0.2) is 41.1 Å². The summed E-state index contributed by atoms with van der Waals surface area (Å²) in [7, 11) is 0. The molecule has 1 unspecified atom stereocenters. The first-order valence-corrected chi connectivity index (χ1v) is 7.61. The Balaban J connectivity index is 1.99. The van der Waals surface area contributed by atoms with E-state index >= 15 is 0 Å². The quantitative estimate of drug-likeness (QED) is 0.844. The maximum atomic E-state index is 5.83. The van der Waals surface area contributed by atoms with E-state index in [1.54, 1.807) is 11.3 Å². The van der Waals surface area contributed by atoms with Gasteiger partial charge in [0.05, 0.1) is 6.10 Å². The number of hydrogen-bond donors (Lipinski definition) is 1. The van der Waals surface area contributed by atoms with E-state index in [2.05, 4.69) is 55.0 Å². The van der Waals surface area contributed by atoms with Crippen molar-refractivity contribution in [1.82, 2.24) is 5.32 Å². The van der Waals surface area contributed by atoms with Crippen LogP contribution in [0.3, 0.4) is 0 Å². The summed E-state index contributed by atoms with van der Waals surface area (Å²) in [6.07, 6.45) is 0.204. The Morgan fingerprint density at radius 1 is 1.16 bits per heavy atom. The van der Waals surface area contributed by atoms with Gasteiger partial charge in [0.1, 0.15) is 5.75 Å². The van der Waals surface area contributed by atoms with Gasteiger partial charge in [0.2, 0.25) is 0 Å². The minimum Gasteiger partial charge on any atom is -0.491 e. The molecular formula is C16H21NOS.